The van der Waals surface area contributed by atoms with E-state index in [0.29, 0.717) is 5.56 Å². The van der Waals surface area contributed by atoms with E-state index in [1.165, 1.54) is 0 Å². The maximum absolute atomic E-state index is 13.7. The van der Waals surface area contributed by atoms with Crippen LogP contribution < -0.4 is 4.72 Å². The number of aliphatic hydroxyl groups excluding tert-OH is 1. The second-order valence-corrected chi connectivity index (χ2v) is 6.09. The molecule has 2 aromatic rings. The van der Waals surface area contributed by atoms with Crippen molar-refractivity contribution in [2.24, 2.45) is 0 Å². The molecule has 0 aliphatic heterocycles. The average Bonchev–Trinajstić information content (AvgIpc) is 2.48. The summed E-state index contributed by atoms with van der Waals surface area (Å²) in [4.78, 5) is -0.817. The summed E-state index contributed by atoms with van der Waals surface area (Å²) in [5.41, 5.74) is 0.661. The number of aliphatic hydroxyl groups is 1. The van der Waals surface area contributed by atoms with Crippen LogP contribution in [0.1, 0.15) is 11.1 Å². The van der Waals surface area contributed by atoms with Crippen molar-refractivity contribution in [1.29, 1.82) is 0 Å². The summed E-state index contributed by atoms with van der Waals surface area (Å²) in [6.07, 6.45) is 0. The molecule has 0 radical (unpaired) electrons. The minimum Gasteiger partial charge on any atom is -0.392 e. The molecule has 0 spiro atoms. The van der Waals surface area contributed by atoms with Crippen LogP contribution in [0.3, 0.4) is 0 Å². The highest BCUT2D eigenvalue weighted by Crippen LogP contribution is 2.20. The first-order chi connectivity index (χ1) is 9.94. The van der Waals surface area contributed by atoms with Gasteiger partial charge in [0.15, 0.2) is 11.6 Å². The smallest absolute Gasteiger partial charge is 0.243 e. The van der Waals surface area contributed by atoms with Crippen molar-refractivity contribution in [3.63, 3.8) is 0 Å². The van der Waals surface area contributed by atoms with Crippen LogP contribution >= 0.6 is 0 Å². The molecule has 0 amide bonds. The van der Waals surface area contributed by atoms with Crippen LogP contribution in [-0.2, 0) is 23.2 Å². The van der Waals surface area contributed by atoms with Crippen molar-refractivity contribution in [2.75, 3.05) is 0 Å². The molecule has 7 heteroatoms. The van der Waals surface area contributed by atoms with E-state index in [4.69, 9.17) is 5.11 Å². The predicted octanol–water partition coefficient (Wildman–Crippen LogP) is 1.94. The van der Waals surface area contributed by atoms with Gasteiger partial charge in [0.1, 0.15) is 4.90 Å². The van der Waals surface area contributed by atoms with E-state index in [1.807, 2.05) is 0 Å². The minimum atomic E-state index is -4.22. The molecule has 0 bridgehead atoms. The first-order valence-corrected chi connectivity index (χ1v) is 7.54. The van der Waals surface area contributed by atoms with E-state index in [2.05, 4.69) is 4.72 Å². The molecule has 2 aromatic carbocycles. The maximum atomic E-state index is 13.7. The Bertz CT molecular complexity index is 733. The molecule has 21 heavy (non-hydrogen) atoms. The highest BCUT2D eigenvalue weighted by atomic mass is 32.2. The molecule has 112 valence electrons. The van der Waals surface area contributed by atoms with Crippen LogP contribution in [-0.4, -0.2) is 13.5 Å². The van der Waals surface area contributed by atoms with Crippen LogP contribution in [0.5, 0.6) is 0 Å². The lowest BCUT2D eigenvalue weighted by Gasteiger charge is -2.09. The third-order valence-electron chi connectivity index (χ3n) is 2.84. The summed E-state index contributed by atoms with van der Waals surface area (Å²) in [6.45, 7) is -0.633. The second kappa shape index (κ2) is 6.30. The molecule has 0 atom stereocenters. The largest absolute Gasteiger partial charge is 0.392 e. The van der Waals surface area contributed by atoms with Crippen molar-refractivity contribution in [2.45, 2.75) is 18.0 Å². The fourth-order valence-electron chi connectivity index (χ4n) is 1.76. The van der Waals surface area contributed by atoms with Crippen LogP contribution in [0.4, 0.5) is 8.78 Å². The van der Waals surface area contributed by atoms with Crippen molar-refractivity contribution < 1.29 is 22.3 Å². The molecular weight excluding hydrogens is 300 g/mol. The molecular formula is C14H13F2NO3S. The number of benzene rings is 2. The third-order valence-corrected chi connectivity index (χ3v) is 4.24. The van der Waals surface area contributed by atoms with Gasteiger partial charge in [-0.15, -0.1) is 0 Å². The second-order valence-electron chi connectivity index (χ2n) is 4.36. The normalized spacial score (nSPS) is 11.6. The summed E-state index contributed by atoms with van der Waals surface area (Å²) in [5.74, 6) is -2.78. The zero-order chi connectivity index (χ0) is 15.5. The first-order valence-electron chi connectivity index (χ1n) is 6.06. The Hall–Kier alpha value is -1.83. The van der Waals surface area contributed by atoms with Gasteiger partial charge < -0.3 is 5.11 Å². The fraction of sp³-hybridized carbons (Fsp3) is 0.143. The minimum absolute atomic E-state index is 0.0195. The highest BCUT2D eigenvalue weighted by Gasteiger charge is 2.22. The average molecular weight is 313 g/mol. The van der Waals surface area contributed by atoms with Crippen LogP contribution in [0.25, 0.3) is 0 Å². The summed E-state index contributed by atoms with van der Waals surface area (Å²) >= 11 is 0. The summed E-state index contributed by atoms with van der Waals surface area (Å²) < 4.78 is 53.3. The molecule has 4 nitrogen and oxygen atoms in total. The Labute approximate surface area is 121 Å². The molecule has 0 fully saturated rings. The Balaban J connectivity index is 2.29. The lowest BCUT2D eigenvalue weighted by molar-refractivity contribution is 0.280. The van der Waals surface area contributed by atoms with E-state index < -0.39 is 33.2 Å². The Morgan fingerprint density at radius 1 is 1.05 bits per heavy atom. The van der Waals surface area contributed by atoms with Gasteiger partial charge in [-0.3, -0.25) is 0 Å². The Morgan fingerprint density at radius 2 is 1.71 bits per heavy atom. The number of rotatable bonds is 5. The third kappa shape index (κ3) is 3.63. The van der Waals surface area contributed by atoms with Gasteiger partial charge in [-0.05, 0) is 23.3 Å². The molecule has 0 aliphatic carbocycles. The van der Waals surface area contributed by atoms with E-state index in [1.54, 1.807) is 30.3 Å². The molecule has 0 unspecified atom stereocenters. The van der Waals surface area contributed by atoms with Crippen molar-refractivity contribution in [3.8, 4) is 0 Å². The summed E-state index contributed by atoms with van der Waals surface area (Å²) in [7, 11) is -4.22. The van der Waals surface area contributed by atoms with E-state index in [9.17, 15) is 17.2 Å². The van der Waals surface area contributed by atoms with E-state index in [-0.39, 0.29) is 12.1 Å². The number of hydrogen-bond acceptors (Lipinski definition) is 3. The van der Waals surface area contributed by atoms with Gasteiger partial charge in [-0.2, -0.15) is 0 Å². The molecule has 2 rings (SSSR count). The van der Waals surface area contributed by atoms with Crippen molar-refractivity contribution in [3.05, 3.63) is 65.2 Å². The van der Waals surface area contributed by atoms with Crippen molar-refractivity contribution in [1.82, 2.24) is 4.72 Å². The Morgan fingerprint density at radius 3 is 2.33 bits per heavy atom. The van der Waals surface area contributed by atoms with Gasteiger partial charge in [0.25, 0.3) is 0 Å². The standard InChI is InChI=1S/C14H13F2NO3S/c15-12-6-11(9-18)7-13(14(12)16)21(19,20)17-8-10-4-2-1-3-5-10/h1-7,17-18H,8-9H2. The number of nitrogens with one attached hydrogen (secondary N) is 1. The van der Waals surface area contributed by atoms with Gasteiger partial charge in [0, 0.05) is 6.54 Å². The number of halogens is 2. The van der Waals surface area contributed by atoms with Gasteiger partial charge in [-0.1, -0.05) is 30.3 Å². The quantitative estimate of drug-likeness (QED) is 0.886. The molecule has 0 saturated heterocycles. The summed E-state index contributed by atoms with van der Waals surface area (Å²) in [6, 6.07) is 10.3. The first kappa shape index (κ1) is 15.6. The van der Waals surface area contributed by atoms with Gasteiger partial charge in [0.05, 0.1) is 6.61 Å². The molecule has 0 heterocycles. The number of sulfonamides is 1. The monoisotopic (exact) mass is 313 g/mol. The fourth-order valence-corrected chi connectivity index (χ4v) is 2.91. The van der Waals surface area contributed by atoms with Gasteiger partial charge in [0.2, 0.25) is 10.0 Å². The van der Waals surface area contributed by atoms with Crippen LogP contribution in [0, 0.1) is 11.6 Å². The molecule has 2 N–H and O–H groups in total. The van der Waals surface area contributed by atoms with Crippen LogP contribution in [0.15, 0.2) is 47.4 Å². The lowest BCUT2D eigenvalue weighted by Crippen LogP contribution is -2.24. The van der Waals surface area contributed by atoms with E-state index >= 15 is 0 Å². The lowest BCUT2D eigenvalue weighted by atomic mass is 10.2. The maximum Gasteiger partial charge on any atom is 0.243 e. The van der Waals surface area contributed by atoms with E-state index in [0.717, 1.165) is 12.1 Å². The summed E-state index contributed by atoms with van der Waals surface area (Å²) in [5, 5.41) is 8.95. The predicted molar refractivity (Wildman–Crippen MR) is 72.7 cm³/mol. The Kier molecular flexibility index (Phi) is 4.66. The van der Waals surface area contributed by atoms with Gasteiger partial charge in [-0.25, -0.2) is 21.9 Å². The van der Waals surface area contributed by atoms with Crippen LogP contribution in [0.2, 0.25) is 0 Å². The molecule has 0 aliphatic rings. The zero-order valence-electron chi connectivity index (χ0n) is 10.9. The SMILES string of the molecule is O=S(=O)(NCc1ccccc1)c1cc(CO)cc(F)c1F. The van der Waals surface area contributed by atoms with Crippen molar-refractivity contribution >= 4 is 10.0 Å². The highest BCUT2D eigenvalue weighted by molar-refractivity contribution is 7.89. The topological polar surface area (TPSA) is 66.4 Å². The number of hydrogen-bond donors (Lipinski definition) is 2. The zero-order valence-corrected chi connectivity index (χ0v) is 11.7. The van der Waals surface area contributed by atoms with Gasteiger partial charge >= 0.3 is 0 Å². The molecule has 0 aromatic heterocycles. The molecule has 0 saturated carbocycles.